The van der Waals surface area contributed by atoms with Crippen LogP contribution in [0.4, 0.5) is 5.95 Å². The van der Waals surface area contributed by atoms with E-state index in [4.69, 9.17) is 9.47 Å². The second kappa shape index (κ2) is 5.72. The molecule has 0 aliphatic heterocycles. The van der Waals surface area contributed by atoms with Crippen molar-refractivity contribution in [1.82, 2.24) is 15.2 Å². The van der Waals surface area contributed by atoms with Crippen LogP contribution in [0.25, 0.3) is 0 Å². The highest BCUT2D eigenvalue weighted by atomic mass is 79.9. The van der Waals surface area contributed by atoms with Crippen LogP contribution >= 0.6 is 15.9 Å². The van der Waals surface area contributed by atoms with Crippen LogP contribution in [0.1, 0.15) is 5.56 Å². The Balaban J connectivity index is 2.25. The summed E-state index contributed by atoms with van der Waals surface area (Å²) in [5.74, 6) is 1.99. The standard InChI is InChI=1S/C11H13BrN4O2/c1-17-9-4-3-8(12)7(10(9)18-2)5-13-11-14-6-15-16-11/h3-4,6H,5H2,1-2H3,(H2,13,14,15,16). The molecule has 2 N–H and O–H groups in total. The molecule has 0 aliphatic carbocycles. The predicted molar refractivity (Wildman–Crippen MR) is 71.0 cm³/mol. The monoisotopic (exact) mass is 312 g/mol. The topological polar surface area (TPSA) is 72.1 Å². The average Bonchev–Trinajstić information content (AvgIpc) is 2.90. The third-order valence-electron chi connectivity index (χ3n) is 2.44. The van der Waals surface area contributed by atoms with Crippen molar-refractivity contribution in [1.29, 1.82) is 0 Å². The largest absolute Gasteiger partial charge is 0.493 e. The van der Waals surface area contributed by atoms with Gasteiger partial charge in [0.1, 0.15) is 6.33 Å². The zero-order chi connectivity index (χ0) is 13.0. The number of nitrogens with zero attached hydrogens (tertiary/aromatic N) is 2. The number of ether oxygens (including phenoxy) is 2. The lowest BCUT2D eigenvalue weighted by atomic mass is 10.2. The van der Waals surface area contributed by atoms with Gasteiger partial charge in [0.15, 0.2) is 11.5 Å². The van der Waals surface area contributed by atoms with Crippen molar-refractivity contribution >= 4 is 21.9 Å². The first-order valence-corrected chi connectivity index (χ1v) is 6.04. The first-order valence-electron chi connectivity index (χ1n) is 5.25. The molecule has 1 heterocycles. The number of benzene rings is 1. The summed E-state index contributed by atoms with van der Waals surface area (Å²) in [5, 5.41) is 9.61. The Hall–Kier alpha value is -1.76. The summed E-state index contributed by atoms with van der Waals surface area (Å²) in [6.07, 6.45) is 1.44. The first-order chi connectivity index (χ1) is 8.76. The fourth-order valence-electron chi connectivity index (χ4n) is 1.59. The van der Waals surface area contributed by atoms with Crippen LogP contribution in [0.2, 0.25) is 0 Å². The van der Waals surface area contributed by atoms with Crippen molar-refractivity contribution in [3.05, 3.63) is 28.5 Å². The molecule has 0 bridgehead atoms. The molecule has 0 saturated heterocycles. The zero-order valence-corrected chi connectivity index (χ0v) is 11.6. The van der Waals surface area contributed by atoms with Crippen molar-refractivity contribution in [3.8, 4) is 11.5 Å². The average molecular weight is 313 g/mol. The number of anilines is 1. The normalized spacial score (nSPS) is 10.2. The van der Waals surface area contributed by atoms with Gasteiger partial charge in [0.05, 0.1) is 14.2 Å². The highest BCUT2D eigenvalue weighted by molar-refractivity contribution is 9.10. The summed E-state index contributed by atoms with van der Waals surface area (Å²) in [7, 11) is 3.22. The van der Waals surface area contributed by atoms with Crippen LogP contribution in [0, 0.1) is 0 Å². The van der Waals surface area contributed by atoms with Gasteiger partial charge in [0.2, 0.25) is 5.95 Å². The molecule has 0 saturated carbocycles. The predicted octanol–water partition coefficient (Wildman–Crippen LogP) is 2.20. The summed E-state index contributed by atoms with van der Waals surface area (Å²) in [6.45, 7) is 0.538. The quantitative estimate of drug-likeness (QED) is 0.885. The van der Waals surface area contributed by atoms with Crippen molar-refractivity contribution in [2.45, 2.75) is 6.54 Å². The van der Waals surface area contributed by atoms with Crippen LogP contribution in [0.5, 0.6) is 11.5 Å². The van der Waals surface area contributed by atoms with E-state index in [0.29, 0.717) is 24.0 Å². The maximum Gasteiger partial charge on any atom is 0.218 e. The minimum atomic E-state index is 0.538. The van der Waals surface area contributed by atoms with Gasteiger partial charge in [-0.1, -0.05) is 15.9 Å². The summed E-state index contributed by atoms with van der Waals surface area (Å²) >= 11 is 3.49. The molecule has 7 heteroatoms. The lowest BCUT2D eigenvalue weighted by Crippen LogP contribution is -2.05. The summed E-state index contributed by atoms with van der Waals surface area (Å²) in [5.41, 5.74) is 0.952. The fraction of sp³-hybridized carbons (Fsp3) is 0.273. The second-order valence-corrected chi connectivity index (χ2v) is 4.30. The molecule has 0 amide bonds. The number of halogens is 1. The molecule has 0 unspecified atom stereocenters. The Labute approximate surface area is 113 Å². The smallest absolute Gasteiger partial charge is 0.218 e. The Morgan fingerprint density at radius 2 is 2.17 bits per heavy atom. The Morgan fingerprint density at radius 3 is 2.78 bits per heavy atom. The molecule has 0 aliphatic rings. The van der Waals surface area contributed by atoms with Gasteiger partial charge in [-0.15, -0.1) is 0 Å². The number of nitrogens with one attached hydrogen (secondary N) is 2. The molecule has 1 aromatic carbocycles. The first kappa shape index (κ1) is 12.7. The number of aromatic amines is 1. The SMILES string of the molecule is COc1ccc(Br)c(CNc2ncn[nH]2)c1OC. The number of H-pyrrole nitrogens is 1. The van der Waals surface area contributed by atoms with Crippen molar-refractivity contribution in [2.75, 3.05) is 19.5 Å². The molecule has 0 fully saturated rings. The van der Waals surface area contributed by atoms with Gasteiger partial charge < -0.3 is 14.8 Å². The van der Waals surface area contributed by atoms with Gasteiger partial charge >= 0.3 is 0 Å². The molecule has 0 atom stereocenters. The molecule has 6 nitrogen and oxygen atoms in total. The number of methoxy groups -OCH3 is 2. The molecule has 18 heavy (non-hydrogen) atoms. The highest BCUT2D eigenvalue weighted by Crippen LogP contribution is 2.36. The van der Waals surface area contributed by atoms with Gasteiger partial charge in [-0.3, -0.25) is 0 Å². The molecular formula is C11H13BrN4O2. The van der Waals surface area contributed by atoms with E-state index in [1.54, 1.807) is 14.2 Å². The van der Waals surface area contributed by atoms with Gasteiger partial charge in [-0.05, 0) is 12.1 Å². The Morgan fingerprint density at radius 1 is 1.33 bits per heavy atom. The molecule has 2 rings (SSSR count). The van der Waals surface area contributed by atoms with Crippen LogP contribution < -0.4 is 14.8 Å². The lowest BCUT2D eigenvalue weighted by molar-refractivity contribution is 0.351. The van der Waals surface area contributed by atoms with E-state index in [2.05, 4.69) is 36.4 Å². The third kappa shape index (κ3) is 2.56. The second-order valence-electron chi connectivity index (χ2n) is 3.45. The van der Waals surface area contributed by atoms with Crippen molar-refractivity contribution < 1.29 is 9.47 Å². The maximum atomic E-state index is 5.38. The van der Waals surface area contributed by atoms with Gasteiger partial charge in [-0.25, -0.2) is 10.1 Å². The number of rotatable bonds is 5. The maximum absolute atomic E-state index is 5.38. The minimum absolute atomic E-state index is 0.538. The van der Waals surface area contributed by atoms with Gasteiger partial charge in [0.25, 0.3) is 0 Å². The fourth-order valence-corrected chi connectivity index (χ4v) is 2.05. The highest BCUT2D eigenvalue weighted by Gasteiger charge is 2.13. The molecular weight excluding hydrogens is 300 g/mol. The van der Waals surface area contributed by atoms with E-state index in [-0.39, 0.29) is 0 Å². The van der Waals surface area contributed by atoms with Crippen LogP contribution in [-0.2, 0) is 6.54 Å². The molecule has 1 aromatic heterocycles. The van der Waals surface area contributed by atoms with E-state index >= 15 is 0 Å². The van der Waals surface area contributed by atoms with E-state index in [1.807, 2.05) is 12.1 Å². The molecule has 96 valence electrons. The number of hydrogen-bond donors (Lipinski definition) is 2. The number of aromatic nitrogens is 3. The summed E-state index contributed by atoms with van der Waals surface area (Å²) in [4.78, 5) is 3.99. The minimum Gasteiger partial charge on any atom is -0.493 e. The van der Waals surface area contributed by atoms with E-state index in [1.165, 1.54) is 6.33 Å². The van der Waals surface area contributed by atoms with Gasteiger partial charge in [-0.2, -0.15) is 5.10 Å². The van der Waals surface area contributed by atoms with Crippen LogP contribution in [-0.4, -0.2) is 29.4 Å². The van der Waals surface area contributed by atoms with E-state index in [9.17, 15) is 0 Å². The lowest BCUT2D eigenvalue weighted by Gasteiger charge is -2.14. The molecule has 2 aromatic rings. The molecule has 0 radical (unpaired) electrons. The Kier molecular flexibility index (Phi) is 4.03. The van der Waals surface area contributed by atoms with E-state index < -0.39 is 0 Å². The third-order valence-corrected chi connectivity index (χ3v) is 3.18. The van der Waals surface area contributed by atoms with Crippen molar-refractivity contribution in [3.63, 3.8) is 0 Å². The summed E-state index contributed by atoms with van der Waals surface area (Å²) in [6, 6.07) is 3.76. The zero-order valence-electron chi connectivity index (χ0n) is 10.0. The Bertz CT molecular complexity index is 516. The summed E-state index contributed by atoms with van der Waals surface area (Å²) < 4.78 is 11.6. The van der Waals surface area contributed by atoms with E-state index in [0.717, 1.165) is 10.0 Å². The number of hydrogen-bond acceptors (Lipinski definition) is 5. The van der Waals surface area contributed by atoms with Crippen LogP contribution in [0.3, 0.4) is 0 Å². The molecule has 0 spiro atoms. The van der Waals surface area contributed by atoms with Crippen molar-refractivity contribution in [2.24, 2.45) is 0 Å². The van der Waals surface area contributed by atoms with Crippen LogP contribution in [0.15, 0.2) is 22.9 Å². The van der Waals surface area contributed by atoms with Gasteiger partial charge in [0, 0.05) is 16.6 Å².